The van der Waals surface area contributed by atoms with E-state index in [1.807, 2.05) is 117 Å². The van der Waals surface area contributed by atoms with Crippen LogP contribution < -0.4 is 4.74 Å². The molecule has 0 unspecified atom stereocenters. The van der Waals surface area contributed by atoms with Crippen LogP contribution >= 0.6 is 0 Å². The maximum Gasteiger partial charge on any atom is 0.163 e. The Hall–Kier alpha value is -12.6. The molecular weight excluding hydrogens is 1770 g/mol. The van der Waals surface area contributed by atoms with Crippen LogP contribution in [0.3, 0.4) is 0 Å². The second kappa shape index (κ2) is 51.7. The number of fused-ring (bicyclic) bond motifs is 15. The average Bonchev–Trinajstić information content (AvgIpc) is 1.58. The predicted molar refractivity (Wildman–Crippen MR) is 586 cm³/mol. The van der Waals surface area contributed by atoms with E-state index in [9.17, 15) is 52.3 Å². The van der Waals surface area contributed by atoms with Crippen molar-refractivity contribution in [1.82, 2.24) is 47.3 Å². The number of ether oxygens (including phenoxy) is 1. The lowest BCUT2D eigenvalue weighted by atomic mass is 9.98. The summed E-state index contributed by atoms with van der Waals surface area (Å²) in [4.78, 5) is 131. The zero-order valence-corrected chi connectivity index (χ0v) is 83.8. The summed E-state index contributed by atoms with van der Waals surface area (Å²) in [5, 5.41) is 8.84. The minimum atomic E-state index is -0.507. The van der Waals surface area contributed by atoms with Crippen LogP contribution in [0.5, 0.6) is 5.75 Å². The maximum absolute atomic E-state index is 15.2. The van der Waals surface area contributed by atoms with Crippen LogP contribution in [-0.4, -0.2) is 210 Å². The third kappa shape index (κ3) is 25.1. The van der Waals surface area contributed by atoms with Crippen LogP contribution in [0.25, 0.3) is 109 Å². The largest absolute Gasteiger partial charge is 0.495 e. The first-order chi connectivity index (χ1) is 64.9. The van der Waals surface area contributed by atoms with Gasteiger partial charge >= 0.3 is 0 Å². The number of aryl methyl sites for hydroxylation is 2. The molecule has 0 radical (unpaired) electrons. The first-order valence-electron chi connectivity index (χ1n) is 47.9. The Labute approximate surface area is 834 Å². The molecule has 0 fully saturated rings. The van der Waals surface area contributed by atoms with Crippen molar-refractivity contribution in [1.29, 1.82) is 0 Å². The van der Waals surface area contributed by atoms with Gasteiger partial charge < -0.3 is 52.1 Å². The Morgan fingerprint density at radius 1 is 0.255 bits per heavy atom. The predicted octanol–water partition coefficient (Wildman–Crippen LogP) is 26.8. The highest BCUT2D eigenvalue weighted by atomic mass is 19.1. The molecular formula is C118H154F2N10O11. The van der Waals surface area contributed by atoms with Crippen LogP contribution in [0.4, 0.5) is 8.78 Å². The van der Waals surface area contributed by atoms with Crippen LogP contribution in [-0.2, 0) is 32.7 Å². The van der Waals surface area contributed by atoms with Crippen LogP contribution in [0.1, 0.15) is 290 Å². The van der Waals surface area contributed by atoms with Crippen molar-refractivity contribution < 1.29 is 61.5 Å². The van der Waals surface area contributed by atoms with Crippen molar-refractivity contribution >= 4 is 167 Å². The molecule has 5 heterocycles. The number of ketones is 10. The molecule has 15 rings (SSSR count). The second-order valence-electron chi connectivity index (χ2n) is 35.1. The van der Waals surface area contributed by atoms with E-state index >= 15 is 4.39 Å². The molecule has 0 amide bonds. The van der Waals surface area contributed by atoms with E-state index in [0.717, 1.165) is 238 Å². The molecule has 0 atom stereocenters. The van der Waals surface area contributed by atoms with Crippen molar-refractivity contribution in [3.05, 3.63) is 230 Å². The molecule has 0 saturated carbocycles. The van der Waals surface area contributed by atoms with Crippen molar-refractivity contribution in [2.75, 3.05) is 105 Å². The molecule has 0 aliphatic rings. The Morgan fingerprint density at radius 2 is 0.496 bits per heavy atom. The number of rotatable bonds is 36. The number of hydrogen-bond donors (Lipinski definition) is 0. The molecule has 0 bridgehead atoms. The molecule has 23 heteroatoms. The standard InChI is InChI=1S/C23H28N2O3.2C23H28N2O2.2C22H25FN2O2.5CH4/c1-6-24(7-2)12-13-25-20-10-8-17(15(3)26)14-19(20)22-21(25)11-9-18(16(4)27)23(22)28-5;1-6-24(7-2)12-13-25-21-10-8-18(16(4)26)14-20(21)23-15(3)19(17(5)27)9-11-22(23)25;1-6-24(7-2)10-11-25-22-9-8-18(16(4)26)13-20(22)21-14-19(17(5)27)15(3)12-23(21)25;1-5-24(6-2)11-12-25-19-9-7-16(14(3)26)13-18(19)21-20(25)10-8-17(15(4)27)22(21)23;1-5-24(6-2)9-10-25-21-8-7-16(14(3)26)11-18(21)19-12-17(15(4)27)20(23)13-22(19)25;;;;;/h8-11,14H,6-7,12-13H2,1-5H3;8-11,14H,6-7,12-13H2,1-5H3;8-9,12-14H,6-7,10-11H2,1-5H3;7-10,13H,5-6,11-12H2,1-4H3;7-8,11-13H,5-6,9-10H2,1-4H3;5*1H4. The lowest BCUT2D eigenvalue weighted by Gasteiger charge is -2.19. The lowest BCUT2D eigenvalue weighted by Crippen LogP contribution is -2.27. The fourth-order valence-electron chi connectivity index (χ4n) is 19.0. The summed E-state index contributed by atoms with van der Waals surface area (Å²) in [7, 11) is 1.59. The van der Waals surface area contributed by atoms with Crippen molar-refractivity contribution in [2.24, 2.45) is 0 Å². The highest BCUT2D eigenvalue weighted by Crippen LogP contribution is 2.42. The van der Waals surface area contributed by atoms with Crippen molar-refractivity contribution in [2.45, 2.75) is 222 Å². The van der Waals surface area contributed by atoms with Gasteiger partial charge in [-0.25, -0.2) is 8.78 Å². The number of hydrogen-bond acceptors (Lipinski definition) is 16. The molecule has 756 valence electrons. The monoisotopic (exact) mass is 1930 g/mol. The van der Waals surface area contributed by atoms with E-state index in [1.54, 1.807) is 79.0 Å². The number of carbonyl (C=O) groups excluding carboxylic acids is 10. The van der Waals surface area contributed by atoms with Gasteiger partial charge in [0.15, 0.2) is 57.8 Å². The summed E-state index contributed by atoms with van der Waals surface area (Å²) >= 11 is 0. The van der Waals surface area contributed by atoms with E-state index < -0.39 is 11.6 Å². The minimum Gasteiger partial charge on any atom is -0.495 e. The van der Waals surface area contributed by atoms with Gasteiger partial charge in [-0.3, -0.25) is 47.9 Å². The van der Waals surface area contributed by atoms with Gasteiger partial charge in [0.2, 0.25) is 0 Å². The van der Waals surface area contributed by atoms with Gasteiger partial charge in [-0.05, 0) is 311 Å². The lowest BCUT2D eigenvalue weighted by molar-refractivity contribution is 0.100. The summed E-state index contributed by atoms with van der Waals surface area (Å²) in [5.74, 6) is -0.888. The van der Waals surface area contributed by atoms with Gasteiger partial charge in [0.1, 0.15) is 17.4 Å². The number of likely N-dealkylation sites (N-methyl/N-ethyl adjacent to an activating group) is 5. The third-order valence-corrected chi connectivity index (χ3v) is 27.2. The summed E-state index contributed by atoms with van der Waals surface area (Å²) in [6.07, 6.45) is 0. The highest BCUT2D eigenvalue weighted by molar-refractivity contribution is 6.20. The summed E-state index contributed by atoms with van der Waals surface area (Å²) in [6.45, 7) is 59.2. The first kappa shape index (κ1) is 117. The fourth-order valence-corrected chi connectivity index (χ4v) is 19.0. The van der Waals surface area contributed by atoms with Crippen LogP contribution in [0.2, 0.25) is 0 Å². The maximum atomic E-state index is 15.2. The fraction of sp³-hybridized carbons (Fsp3) is 0.407. The Morgan fingerprint density at radius 3 is 0.801 bits per heavy atom. The van der Waals surface area contributed by atoms with Gasteiger partial charge in [0, 0.05) is 191 Å². The molecule has 21 nitrogen and oxygen atoms in total. The Kier molecular flexibility index (Phi) is 42.9. The third-order valence-electron chi connectivity index (χ3n) is 27.2. The zero-order chi connectivity index (χ0) is 99.3. The van der Waals surface area contributed by atoms with E-state index in [1.165, 1.54) is 33.8 Å². The number of halogens is 2. The number of benzene rings is 10. The van der Waals surface area contributed by atoms with Crippen LogP contribution in [0.15, 0.2) is 152 Å². The number of Topliss-reactive ketones (excluding diaryl/α,β-unsaturated/α-hetero) is 10. The van der Waals surface area contributed by atoms with Crippen molar-refractivity contribution in [3.63, 3.8) is 0 Å². The van der Waals surface area contributed by atoms with Gasteiger partial charge in [0.25, 0.3) is 0 Å². The minimum absolute atomic E-state index is 0. The van der Waals surface area contributed by atoms with E-state index in [-0.39, 0.29) is 106 Å². The molecule has 141 heavy (non-hydrogen) atoms. The van der Waals surface area contributed by atoms with E-state index in [0.29, 0.717) is 63.0 Å². The summed E-state index contributed by atoms with van der Waals surface area (Å²) in [5.41, 5.74) is 17.3. The molecule has 0 aliphatic heterocycles. The summed E-state index contributed by atoms with van der Waals surface area (Å²) in [6, 6.07) is 46.9. The number of methoxy groups -OCH3 is 1. The SMILES string of the molecule is C.C.C.C.C.CCN(CC)CCn1c2ccc(C(C)=O)cc2c2c(C)c(C(C)=O)ccc21.CCN(CC)CCn1c2ccc(C(C)=O)cc2c2c(F)c(C(C)=O)ccc21.CCN(CC)CCn1c2ccc(C(C)=O)cc2c2c(OC)c(C(C)=O)ccc21.CCN(CC)CCn1c2ccc(C(C)=O)cc2c2cc(C(C)=O)c(C)cc21.CCN(CC)CCn1c2ccc(C(C)=O)cc2c2cc(C(C)=O)c(F)cc21. The quantitative estimate of drug-likeness (QED) is 0.0333. The number of aromatic nitrogens is 5. The molecule has 10 aromatic carbocycles. The molecule has 0 aliphatic carbocycles. The van der Waals surface area contributed by atoms with Crippen molar-refractivity contribution in [3.8, 4) is 5.75 Å². The first-order valence-corrected chi connectivity index (χ1v) is 47.9. The molecule has 0 N–H and O–H groups in total. The van der Waals surface area contributed by atoms with Crippen LogP contribution in [0, 0.1) is 25.5 Å². The highest BCUT2D eigenvalue weighted by Gasteiger charge is 2.27. The zero-order valence-electron chi connectivity index (χ0n) is 83.8. The topological polar surface area (TPSA) is 221 Å². The molecule has 0 spiro atoms. The van der Waals surface area contributed by atoms with Gasteiger partial charge in [-0.2, -0.15) is 0 Å². The van der Waals surface area contributed by atoms with E-state index in [4.69, 9.17) is 4.74 Å². The number of carbonyl (C=O) groups is 10. The smallest absolute Gasteiger partial charge is 0.163 e. The van der Waals surface area contributed by atoms with E-state index in [2.05, 4.69) is 129 Å². The normalized spacial score (nSPS) is 11.2. The number of nitrogens with zero attached hydrogens (tertiary/aromatic N) is 10. The molecule has 5 aromatic heterocycles. The summed E-state index contributed by atoms with van der Waals surface area (Å²) < 4.78 is 46.5. The Bertz CT molecular complexity index is 6720. The second-order valence-corrected chi connectivity index (χ2v) is 35.1. The van der Waals surface area contributed by atoms with Gasteiger partial charge in [-0.1, -0.05) is 106 Å². The molecule has 0 saturated heterocycles. The van der Waals surface area contributed by atoms with Gasteiger partial charge in [0.05, 0.1) is 45.7 Å². The Balaban J connectivity index is 0.000000268. The molecule has 15 aromatic rings. The average molecular weight is 1930 g/mol. The van der Waals surface area contributed by atoms with Gasteiger partial charge in [-0.15, -0.1) is 0 Å².